The number of carbonyl (C=O) groups is 2. The third-order valence-corrected chi connectivity index (χ3v) is 7.30. The van der Waals surface area contributed by atoms with Crippen molar-refractivity contribution in [2.75, 3.05) is 19.8 Å². The Morgan fingerprint density at radius 3 is 2.58 bits per heavy atom. The standard InChI is InChI=1S/C26H31N3O4/c30-24-23(25(31)28-21-4-2-1-3-5-21)22-10-12-29(15-20(22)14-27-24)26(32)18-8-6-17(7-9-18)19-11-13-33-16-19/h6-9,14,19,21H,1-5,10-13,15-16H2,(H,27,30)(H,28,31). The van der Waals surface area contributed by atoms with E-state index in [0.29, 0.717) is 31.0 Å². The van der Waals surface area contributed by atoms with Crippen molar-refractivity contribution in [1.82, 2.24) is 15.2 Å². The largest absolute Gasteiger partial charge is 0.381 e. The molecule has 3 aliphatic rings. The van der Waals surface area contributed by atoms with Crippen LogP contribution in [0.4, 0.5) is 0 Å². The summed E-state index contributed by atoms with van der Waals surface area (Å²) in [5.41, 5.74) is 3.33. The molecule has 1 saturated heterocycles. The van der Waals surface area contributed by atoms with Gasteiger partial charge in [0.15, 0.2) is 0 Å². The minimum Gasteiger partial charge on any atom is -0.381 e. The van der Waals surface area contributed by atoms with Gasteiger partial charge in [0.2, 0.25) is 0 Å². The number of ether oxygens (including phenoxy) is 1. The van der Waals surface area contributed by atoms with E-state index >= 15 is 0 Å². The maximum Gasteiger partial charge on any atom is 0.261 e. The number of benzene rings is 1. The Hall–Kier alpha value is -2.93. The summed E-state index contributed by atoms with van der Waals surface area (Å²) in [7, 11) is 0. The van der Waals surface area contributed by atoms with E-state index in [2.05, 4.69) is 10.3 Å². The van der Waals surface area contributed by atoms with Crippen molar-refractivity contribution in [3.63, 3.8) is 0 Å². The van der Waals surface area contributed by atoms with Crippen molar-refractivity contribution in [2.24, 2.45) is 0 Å². The lowest BCUT2D eigenvalue weighted by Crippen LogP contribution is -2.42. The molecular weight excluding hydrogens is 418 g/mol. The summed E-state index contributed by atoms with van der Waals surface area (Å²) in [5, 5.41) is 3.07. The third-order valence-electron chi connectivity index (χ3n) is 7.30. The lowest BCUT2D eigenvalue weighted by atomic mass is 9.93. The number of hydrogen-bond acceptors (Lipinski definition) is 4. The number of nitrogens with one attached hydrogen (secondary N) is 2. The van der Waals surface area contributed by atoms with E-state index in [1.165, 1.54) is 12.0 Å². The Labute approximate surface area is 193 Å². The zero-order valence-corrected chi connectivity index (χ0v) is 18.9. The highest BCUT2D eigenvalue weighted by atomic mass is 16.5. The van der Waals surface area contributed by atoms with Gasteiger partial charge in [0.05, 0.1) is 6.61 Å². The van der Waals surface area contributed by atoms with E-state index in [1.807, 2.05) is 24.3 Å². The zero-order chi connectivity index (χ0) is 22.8. The molecular formula is C26H31N3O4. The molecule has 1 atom stereocenters. The average Bonchev–Trinajstić information content (AvgIpc) is 3.39. The molecule has 1 aromatic heterocycles. The first kappa shape index (κ1) is 21.9. The molecule has 5 rings (SSSR count). The molecule has 2 aromatic rings. The summed E-state index contributed by atoms with van der Waals surface area (Å²) in [6.07, 6.45) is 8.52. The van der Waals surface area contributed by atoms with Crippen LogP contribution in [0, 0.1) is 0 Å². The van der Waals surface area contributed by atoms with Crippen molar-refractivity contribution in [3.8, 4) is 0 Å². The van der Waals surface area contributed by atoms with Gasteiger partial charge in [-0.3, -0.25) is 14.4 Å². The second kappa shape index (κ2) is 9.51. The predicted octanol–water partition coefficient (Wildman–Crippen LogP) is 3.14. The Morgan fingerprint density at radius 1 is 1.06 bits per heavy atom. The Kier molecular flexibility index (Phi) is 6.31. The van der Waals surface area contributed by atoms with E-state index < -0.39 is 0 Å². The monoisotopic (exact) mass is 449 g/mol. The van der Waals surface area contributed by atoms with Crippen LogP contribution in [0.15, 0.2) is 35.3 Å². The van der Waals surface area contributed by atoms with Crippen LogP contribution >= 0.6 is 0 Å². The summed E-state index contributed by atoms with van der Waals surface area (Å²) in [6, 6.07) is 7.97. The van der Waals surface area contributed by atoms with Crippen molar-refractivity contribution in [1.29, 1.82) is 0 Å². The smallest absolute Gasteiger partial charge is 0.261 e. The van der Waals surface area contributed by atoms with E-state index in [0.717, 1.165) is 56.4 Å². The predicted molar refractivity (Wildman–Crippen MR) is 124 cm³/mol. The fourth-order valence-electron chi connectivity index (χ4n) is 5.36. The lowest BCUT2D eigenvalue weighted by molar-refractivity contribution is 0.0734. The first-order chi connectivity index (χ1) is 16.1. The van der Waals surface area contributed by atoms with Crippen LogP contribution in [0.5, 0.6) is 0 Å². The van der Waals surface area contributed by atoms with Gasteiger partial charge < -0.3 is 19.9 Å². The van der Waals surface area contributed by atoms with Crippen LogP contribution < -0.4 is 10.9 Å². The first-order valence-electron chi connectivity index (χ1n) is 12.1. The molecule has 3 heterocycles. The highest BCUT2D eigenvalue weighted by molar-refractivity contribution is 5.97. The van der Waals surface area contributed by atoms with Gasteiger partial charge in [-0.1, -0.05) is 31.4 Å². The maximum absolute atomic E-state index is 13.1. The molecule has 2 amide bonds. The van der Waals surface area contributed by atoms with E-state index in [4.69, 9.17) is 4.74 Å². The number of carbonyl (C=O) groups excluding carboxylic acids is 2. The normalized spacial score (nSPS) is 21.0. The molecule has 0 radical (unpaired) electrons. The van der Waals surface area contributed by atoms with Crippen LogP contribution in [0.25, 0.3) is 0 Å². The molecule has 1 unspecified atom stereocenters. The van der Waals surface area contributed by atoms with E-state index in [-0.39, 0.29) is 29.0 Å². The molecule has 2 aliphatic heterocycles. The molecule has 1 aromatic carbocycles. The topological polar surface area (TPSA) is 91.5 Å². The van der Waals surface area contributed by atoms with Crippen molar-refractivity contribution in [3.05, 3.63) is 68.6 Å². The quantitative estimate of drug-likeness (QED) is 0.750. The number of amides is 2. The number of H-pyrrole nitrogens is 1. The minimum atomic E-state index is -0.353. The highest BCUT2D eigenvalue weighted by Gasteiger charge is 2.28. The number of aromatic nitrogens is 1. The Bertz CT molecular complexity index is 1080. The first-order valence-corrected chi connectivity index (χ1v) is 12.1. The number of rotatable bonds is 4. The van der Waals surface area contributed by atoms with Crippen molar-refractivity contribution >= 4 is 11.8 Å². The third kappa shape index (κ3) is 4.60. The summed E-state index contributed by atoms with van der Waals surface area (Å²) >= 11 is 0. The summed E-state index contributed by atoms with van der Waals surface area (Å²) in [6.45, 7) is 2.40. The fourth-order valence-corrected chi connectivity index (χ4v) is 5.36. The molecule has 2 fully saturated rings. The molecule has 7 nitrogen and oxygen atoms in total. The van der Waals surface area contributed by atoms with Crippen LogP contribution in [-0.2, 0) is 17.7 Å². The van der Waals surface area contributed by atoms with Gasteiger partial charge in [0.25, 0.3) is 17.4 Å². The fraction of sp³-hybridized carbons (Fsp3) is 0.500. The second-order valence-corrected chi connectivity index (χ2v) is 9.46. The molecule has 2 N–H and O–H groups in total. The SMILES string of the molecule is O=C(NC1CCCCC1)c1c2c(c[nH]c1=O)CN(C(=O)c1ccc(C3CCOC3)cc1)CC2. The Morgan fingerprint density at radius 2 is 1.85 bits per heavy atom. The van der Waals surface area contributed by atoms with Gasteiger partial charge in [0, 0.05) is 43.4 Å². The minimum absolute atomic E-state index is 0.0331. The van der Waals surface area contributed by atoms with Gasteiger partial charge in [-0.05, 0) is 54.5 Å². The van der Waals surface area contributed by atoms with Crippen LogP contribution in [0.2, 0.25) is 0 Å². The maximum atomic E-state index is 13.1. The van der Waals surface area contributed by atoms with Crippen molar-refractivity contribution in [2.45, 2.75) is 63.5 Å². The van der Waals surface area contributed by atoms with Gasteiger partial charge >= 0.3 is 0 Å². The molecule has 174 valence electrons. The summed E-state index contributed by atoms with van der Waals surface area (Å²) in [5.74, 6) is 0.0894. The van der Waals surface area contributed by atoms with E-state index in [9.17, 15) is 14.4 Å². The van der Waals surface area contributed by atoms with Crippen molar-refractivity contribution < 1.29 is 14.3 Å². The summed E-state index contributed by atoms with van der Waals surface area (Å²) in [4.78, 5) is 43.2. The van der Waals surface area contributed by atoms with Gasteiger partial charge in [-0.15, -0.1) is 0 Å². The van der Waals surface area contributed by atoms with Gasteiger partial charge in [-0.2, -0.15) is 0 Å². The average molecular weight is 450 g/mol. The molecule has 1 saturated carbocycles. The number of nitrogens with zero attached hydrogens (tertiary/aromatic N) is 1. The zero-order valence-electron chi connectivity index (χ0n) is 18.9. The number of pyridine rings is 1. The lowest BCUT2D eigenvalue weighted by Gasteiger charge is -2.30. The van der Waals surface area contributed by atoms with E-state index in [1.54, 1.807) is 11.1 Å². The van der Waals surface area contributed by atoms with Gasteiger partial charge in [-0.25, -0.2) is 0 Å². The molecule has 33 heavy (non-hydrogen) atoms. The van der Waals surface area contributed by atoms with Crippen LogP contribution in [0.1, 0.15) is 81.8 Å². The molecule has 1 aliphatic carbocycles. The number of hydrogen-bond donors (Lipinski definition) is 2. The number of fused-ring (bicyclic) bond motifs is 1. The molecule has 7 heteroatoms. The Balaban J connectivity index is 1.30. The summed E-state index contributed by atoms with van der Waals surface area (Å²) < 4.78 is 5.47. The number of aromatic amines is 1. The van der Waals surface area contributed by atoms with Gasteiger partial charge in [0.1, 0.15) is 5.56 Å². The highest BCUT2D eigenvalue weighted by Crippen LogP contribution is 2.27. The molecule has 0 spiro atoms. The molecule has 0 bridgehead atoms. The van der Waals surface area contributed by atoms with Crippen LogP contribution in [-0.4, -0.2) is 47.5 Å². The van der Waals surface area contributed by atoms with Crippen LogP contribution in [0.3, 0.4) is 0 Å². The second-order valence-electron chi connectivity index (χ2n) is 9.46.